The highest BCUT2D eigenvalue weighted by molar-refractivity contribution is 7.89. The number of nitrogens with one attached hydrogen (secondary N) is 4. The lowest BCUT2D eigenvalue weighted by molar-refractivity contribution is 0.00763. The minimum atomic E-state index is -3.88. The molecule has 20 heteroatoms. The molecule has 10 N–H and O–H groups in total. The predicted octanol–water partition coefficient (Wildman–Crippen LogP) is -0.00710. The Labute approximate surface area is 302 Å². The summed E-state index contributed by atoms with van der Waals surface area (Å²) < 4.78 is 25.7. The Hall–Kier alpha value is -5.54. The fourth-order valence-corrected chi connectivity index (χ4v) is 7.51. The quantitative estimate of drug-likeness (QED) is 0.0861. The van der Waals surface area contributed by atoms with Crippen LogP contribution >= 0.6 is 0 Å². The van der Waals surface area contributed by atoms with Gasteiger partial charge in [0.25, 0.3) is 0 Å². The van der Waals surface area contributed by atoms with Gasteiger partial charge in [-0.3, -0.25) is 4.57 Å². The normalized spacial score (nSPS) is 22.3. The number of carbonyl (C=O) groups is 1. The number of aromatic amines is 1. The number of primary sulfonamides is 1. The number of nitrogens with zero attached hydrogens (tertiary/aromatic N) is 6. The Bertz CT molecular complexity index is 2260. The molecule has 2 amide bonds. The van der Waals surface area contributed by atoms with Gasteiger partial charge in [0, 0.05) is 24.8 Å². The van der Waals surface area contributed by atoms with Crippen molar-refractivity contribution in [2.24, 2.45) is 5.14 Å². The molecule has 0 unspecified atom stereocenters. The number of carbonyl (C=O) groups excluding carboxylic acids is 1. The van der Waals surface area contributed by atoms with Gasteiger partial charge in [-0.1, -0.05) is 30.3 Å². The Kier molecular flexibility index (Phi) is 9.79. The monoisotopic (exact) mass is 749 g/mol. The fraction of sp³-hybridized carbons (Fsp3) is 0.364. The summed E-state index contributed by atoms with van der Waals surface area (Å²) in [4.78, 5) is 43.7. The van der Waals surface area contributed by atoms with Crippen LogP contribution in [0.5, 0.6) is 5.88 Å². The van der Waals surface area contributed by atoms with Crippen molar-refractivity contribution in [3.05, 3.63) is 83.2 Å². The van der Waals surface area contributed by atoms with E-state index in [2.05, 4.69) is 25.9 Å². The van der Waals surface area contributed by atoms with Gasteiger partial charge < -0.3 is 50.8 Å². The number of aliphatic hydroxyl groups is 3. The second kappa shape index (κ2) is 14.5. The maximum absolute atomic E-state index is 12.9. The number of hydrogen-bond donors (Lipinski definition) is 9. The molecule has 1 saturated heterocycles. The maximum atomic E-state index is 12.9. The first-order chi connectivity index (χ1) is 25.4. The van der Waals surface area contributed by atoms with E-state index in [-0.39, 0.29) is 35.8 Å². The second-order valence-electron chi connectivity index (χ2n) is 13.2. The summed E-state index contributed by atoms with van der Waals surface area (Å²) in [5, 5.41) is 56.9. The Balaban J connectivity index is 1.15. The molecular formula is C33H39N11O8S. The number of aliphatic hydroxyl groups excluding tert-OH is 3. The number of hydrogen-bond acceptors (Lipinski definition) is 13. The maximum Gasteiger partial charge on any atom is 0.328 e. The van der Waals surface area contributed by atoms with E-state index in [0.717, 1.165) is 16.3 Å². The van der Waals surface area contributed by atoms with Gasteiger partial charge in [-0.15, -0.1) is 0 Å². The molecule has 1 aliphatic heterocycles. The molecule has 2 aromatic carbocycles. The van der Waals surface area contributed by atoms with Crippen LogP contribution in [-0.2, 0) is 16.4 Å². The SMILES string of the molecule is NS(=O)(=O)c1ccc(NC(=O)N[C@@H]2CCN(c3nc(N[C@H](CO)Cc4ccccc4)c4ncn([C@@H]5C[C@H](n6c(O)c[nH]c6=O)[C@@H](O)[C@H]5O)c4n3)C2)cc1. The first kappa shape index (κ1) is 35.8. The molecule has 5 aromatic rings. The van der Waals surface area contributed by atoms with E-state index in [4.69, 9.17) is 15.1 Å². The summed E-state index contributed by atoms with van der Waals surface area (Å²) in [6.07, 6.45) is 0.897. The van der Waals surface area contributed by atoms with E-state index >= 15 is 0 Å². The number of fused-ring (bicyclic) bond motifs is 1. The molecule has 6 atom stereocenters. The number of H-pyrrole nitrogens is 1. The molecule has 7 rings (SSSR count). The molecule has 19 nitrogen and oxygen atoms in total. The van der Waals surface area contributed by atoms with Crippen molar-refractivity contribution in [1.29, 1.82) is 0 Å². The number of rotatable bonds is 11. The summed E-state index contributed by atoms with van der Waals surface area (Å²) in [7, 11) is -3.88. The van der Waals surface area contributed by atoms with E-state index in [1.54, 1.807) is 4.57 Å². The van der Waals surface area contributed by atoms with Gasteiger partial charge >= 0.3 is 11.7 Å². The molecule has 1 saturated carbocycles. The zero-order valence-corrected chi connectivity index (χ0v) is 29.0. The van der Waals surface area contributed by atoms with E-state index in [1.165, 1.54) is 30.6 Å². The van der Waals surface area contributed by atoms with Crippen molar-refractivity contribution in [2.75, 3.05) is 35.2 Å². The largest absolute Gasteiger partial charge is 0.493 e. The molecule has 53 heavy (non-hydrogen) atoms. The third-order valence-electron chi connectivity index (χ3n) is 9.64. The lowest BCUT2D eigenvalue weighted by Gasteiger charge is -2.22. The number of nitrogens with two attached hydrogens (primary N) is 1. The van der Waals surface area contributed by atoms with Gasteiger partial charge in [0.1, 0.15) is 12.2 Å². The van der Waals surface area contributed by atoms with E-state index in [0.29, 0.717) is 48.6 Å². The first-order valence-corrected chi connectivity index (χ1v) is 18.4. The molecule has 0 radical (unpaired) electrons. The van der Waals surface area contributed by atoms with Crippen molar-refractivity contribution in [3.63, 3.8) is 0 Å². The predicted molar refractivity (Wildman–Crippen MR) is 192 cm³/mol. The summed E-state index contributed by atoms with van der Waals surface area (Å²) in [5.41, 5.74) is 1.38. The minimum Gasteiger partial charge on any atom is -0.493 e. The van der Waals surface area contributed by atoms with Crippen LogP contribution in [0, 0.1) is 0 Å². The topological polar surface area (TPSA) is 279 Å². The van der Waals surface area contributed by atoms with Crippen molar-refractivity contribution in [2.45, 2.75) is 60.5 Å². The van der Waals surface area contributed by atoms with Crippen LogP contribution in [0.3, 0.4) is 0 Å². The van der Waals surface area contributed by atoms with Crippen LogP contribution in [0.2, 0.25) is 0 Å². The highest BCUT2D eigenvalue weighted by Crippen LogP contribution is 2.41. The molecule has 2 aliphatic rings. The highest BCUT2D eigenvalue weighted by atomic mass is 32.2. The number of anilines is 3. The zero-order valence-electron chi connectivity index (χ0n) is 28.1. The van der Waals surface area contributed by atoms with E-state index in [9.17, 15) is 38.4 Å². The van der Waals surface area contributed by atoms with Crippen molar-refractivity contribution < 1.29 is 33.6 Å². The van der Waals surface area contributed by atoms with Gasteiger partial charge in [0.2, 0.25) is 21.9 Å². The van der Waals surface area contributed by atoms with Gasteiger partial charge in [-0.2, -0.15) is 9.97 Å². The van der Waals surface area contributed by atoms with Gasteiger partial charge in [0.05, 0.1) is 42.2 Å². The highest BCUT2D eigenvalue weighted by Gasteiger charge is 2.45. The van der Waals surface area contributed by atoms with Crippen LogP contribution < -0.4 is 31.7 Å². The van der Waals surface area contributed by atoms with E-state index in [1.807, 2.05) is 35.2 Å². The second-order valence-corrected chi connectivity index (χ2v) is 14.7. The first-order valence-electron chi connectivity index (χ1n) is 16.9. The summed E-state index contributed by atoms with van der Waals surface area (Å²) in [6.45, 7) is 0.562. The van der Waals surface area contributed by atoms with Crippen molar-refractivity contribution in [3.8, 4) is 5.88 Å². The summed E-state index contributed by atoms with van der Waals surface area (Å²) >= 11 is 0. The third kappa shape index (κ3) is 7.39. The number of amides is 2. The number of aromatic hydroxyl groups is 1. The lowest BCUT2D eigenvalue weighted by Crippen LogP contribution is -2.40. The number of imidazole rings is 2. The Morgan fingerprint density at radius 2 is 1.79 bits per heavy atom. The molecule has 4 heterocycles. The summed E-state index contributed by atoms with van der Waals surface area (Å²) in [6, 6.07) is 12.0. The number of urea groups is 1. The lowest BCUT2D eigenvalue weighted by atomic mass is 10.1. The van der Waals surface area contributed by atoms with E-state index < -0.39 is 52.1 Å². The average molecular weight is 750 g/mol. The van der Waals surface area contributed by atoms with Gasteiger partial charge in [-0.25, -0.2) is 28.1 Å². The van der Waals surface area contributed by atoms with Crippen LogP contribution in [-0.4, -0.2) is 108 Å². The van der Waals surface area contributed by atoms with Crippen LogP contribution in [0.15, 0.2) is 76.8 Å². The molecule has 0 spiro atoms. The average Bonchev–Trinajstić information content (AvgIpc) is 3.91. The van der Waals surface area contributed by atoms with Crippen molar-refractivity contribution >= 4 is 44.7 Å². The molecule has 2 fully saturated rings. The van der Waals surface area contributed by atoms with Gasteiger partial charge in [0.15, 0.2) is 17.0 Å². The van der Waals surface area contributed by atoms with Crippen LogP contribution in [0.1, 0.15) is 30.5 Å². The molecule has 0 bridgehead atoms. The number of aromatic nitrogens is 6. The Morgan fingerprint density at radius 1 is 1.06 bits per heavy atom. The smallest absolute Gasteiger partial charge is 0.328 e. The van der Waals surface area contributed by atoms with Crippen molar-refractivity contribution in [1.82, 2.24) is 34.4 Å². The van der Waals surface area contributed by atoms with Crippen LogP contribution in [0.25, 0.3) is 11.2 Å². The number of benzene rings is 2. The summed E-state index contributed by atoms with van der Waals surface area (Å²) in [5.74, 6) is 0.225. The minimum absolute atomic E-state index is 0.0596. The molecule has 280 valence electrons. The molecule has 3 aromatic heterocycles. The zero-order chi connectivity index (χ0) is 37.4. The standard InChI is InChI=1S/C33H39N11O8S/c34-53(51,52)22-8-6-19(7-9-22)38-32(49)39-20-10-11-42(15-20)31-40-29(37-21(16-45)12-18-4-2-1-3-5-18)26-30(41-31)43(17-36-26)23-13-24(28(48)27(23)47)44-25(46)14-35-33(44)50/h1-9,14,17,20-21,23-24,27-28,45-48H,10-13,15-16H2,(H,35,50)(H2,34,51,52)(H,37,40,41)(H2,38,39,49)/t20-,21+,23-,24+,27+,28-/m1/s1. The molecular weight excluding hydrogens is 710 g/mol. The third-order valence-corrected chi connectivity index (χ3v) is 10.6. The van der Waals surface area contributed by atoms with Gasteiger partial charge in [-0.05, 0) is 49.1 Å². The molecule has 1 aliphatic carbocycles. The van der Waals surface area contributed by atoms with Crippen LogP contribution in [0.4, 0.5) is 22.2 Å². The Morgan fingerprint density at radius 3 is 2.47 bits per heavy atom. The fourth-order valence-electron chi connectivity index (χ4n) is 6.99. The number of sulfonamides is 1.